The molecule has 0 radical (unpaired) electrons. The fourth-order valence-corrected chi connectivity index (χ4v) is 3.51. The van der Waals surface area contributed by atoms with Crippen molar-refractivity contribution < 1.29 is 14.4 Å². The molecule has 3 heterocycles. The summed E-state index contributed by atoms with van der Waals surface area (Å²) >= 11 is 1.34. The molecule has 0 unspecified atom stereocenters. The van der Waals surface area contributed by atoms with Crippen molar-refractivity contribution in [2.75, 3.05) is 45.1 Å². The second kappa shape index (κ2) is 8.59. The molecule has 2 aromatic rings. The van der Waals surface area contributed by atoms with Crippen LogP contribution < -0.4 is 10.2 Å². The van der Waals surface area contributed by atoms with Crippen molar-refractivity contribution in [2.45, 2.75) is 25.4 Å². The summed E-state index contributed by atoms with van der Waals surface area (Å²) in [5.74, 6) is 0.912. The molecule has 1 fully saturated rings. The Hall–Kier alpha value is -1.71. The van der Waals surface area contributed by atoms with Gasteiger partial charge in [0.25, 0.3) is 5.78 Å². The molecular formula is C16H25N6O2S+. The molecule has 9 heteroatoms. The number of amides is 1. The predicted molar refractivity (Wildman–Crippen MR) is 95.0 cm³/mol. The van der Waals surface area contributed by atoms with Gasteiger partial charge in [0.15, 0.2) is 0 Å². The van der Waals surface area contributed by atoms with Gasteiger partial charge >= 0.3 is 0 Å². The first kappa shape index (κ1) is 18.1. The second-order valence-electron chi connectivity index (χ2n) is 6.25. The molecule has 8 nitrogen and oxygen atoms in total. The smallest absolute Gasteiger partial charge is 0.253 e. The summed E-state index contributed by atoms with van der Waals surface area (Å²) in [7, 11) is 0. The van der Waals surface area contributed by atoms with Crippen LogP contribution in [-0.2, 0) is 9.53 Å². The van der Waals surface area contributed by atoms with Gasteiger partial charge in [-0.15, -0.1) is 5.10 Å². The molecule has 0 aliphatic carbocycles. The van der Waals surface area contributed by atoms with Crippen LogP contribution >= 0.6 is 11.8 Å². The van der Waals surface area contributed by atoms with E-state index in [9.17, 15) is 4.79 Å². The lowest BCUT2D eigenvalue weighted by molar-refractivity contribution is -0.908. The van der Waals surface area contributed by atoms with Crippen LogP contribution in [0.5, 0.6) is 0 Å². The molecule has 0 saturated carbocycles. The molecule has 1 saturated heterocycles. The number of quaternary nitrogens is 1. The maximum absolute atomic E-state index is 12.0. The third kappa shape index (κ3) is 5.13. The van der Waals surface area contributed by atoms with Crippen LogP contribution in [0.3, 0.4) is 0 Å². The number of fused-ring (bicyclic) bond motifs is 1. The molecule has 3 rings (SSSR count). The summed E-state index contributed by atoms with van der Waals surface area (Å²) in [5.41, 5.74) is 1.89. The van der Waals surface area contributed by atoms with E-state index in [0.717, 1.165) is 50.7 Å². The largest absolute Gasteiger partial charge is 0.370 e. The van der Waals surface area contributed by atoms with Crippen LogP contribution in [0.4, 0.5) is 0 Å². The Bertz CT molecular complexity index is 729. The molecular weight excluding hydrogens is 340 g/mol. The number of morpholine rings is 1. The number of nitrogens with one attached hydrogen (secondary N) is 2. The van der Waals surface area contributed by atoms with Gasteiger partial charge < -0.3 is 15.0 Å². The maximum Gasteiger partial charge on any atom is 0.253 e. The molecule has 0 atom stereocenters. The zero-order valence-electron chi connectivity index (χ0n) is 14.7. The monoisotopic (exact) mass is 365 g/mol. The third-order valence-electron chi connectivity index (χ3n) is 4.16. The van der Waals surface area contributed by atoms with Crippen molar-refractivity contribution in [3.8, 4) is 0 Å². The average Bonchev–Trinajstić information content (AvgIpc) is 3.01. The Morgan fingerprint density at radius 1 is 1.36 bits per heavy atom. The number of hydrogen-bond donors (Lipinski definition) is 2. The van der Waals surface area contributed by atoms with Crippen LogP contribution in [0.15, 0.2) is 11.2 Å². The fourth-order valence-electron chi connectivity index (χ4n) is 2.87. The Morgan fingerprint density at radius 2 is 2.16 bits per heavy atom. The quantitative estimate of drug-likeness (QED) is 0.496. The first-order valence-corrected chi connectivity index (χ1v) is 9.62. The second-order valence-corrected chi connectivity index (χ2v) is 7.19. The third-order valence-corrected chi connectivity index (χ3v) is 5.00. The number of nitrogens with zero attached hydrogens (tertiary/aromatic N) is 4. The maximum atomic E-state index is 12.0. The number of ether oxygens (including phenoxy) is 1. The summed E-state index contributed by atoms with van der Waals surface area (Å²) in [6, 6.07) is 1.96. The molecule has 0 bridgehead atoms. The lowest BCUT2D eigenvalue weighted by Crippen LogP contribution is -3.14. The van der Waals surface area contributed by atoms with E-state index < -0.39 is 0 Å². The fraction of sp³-hybridized carbons (Fsp3) is 0.625. The summed E-state index contributed by atoms with van der Waals surface area (Å²) in [6.07, 6.45) is 0.987. The Balaban J connectivity index is 1.39. The van der Waals surface area contributed by atoms with Gasteiger partial charge in [0.2, 0.25) is 11.1 Å². The Labute approximate surface area is 151 Å². The van der Waals surface area contributed by atoms with Crippen molar-refractivity contribution in [3.63, 3.8) is 0 Å². The van der Waals surface area contributed by atoms with Crippen molar-refractivity contribution in [1.29, 1.82) is 0 Å². The molecule has 0 aromatic carbocycles. The zero-order chi connectivity index (χ0) is 17.6. The summed E-state index contributed by atoms with van der Waals surface area (Å²) in [6.45, 7) is 9.51. The highest BCUT2D eigenvalue weighted by Gasteiger charge is 2.13. The number of carbonyl (C=O) groups is 1. The van der Waals surface area contributed by atoms with E-state index in [1.54, 1.807) is 9.42 Å². The minimum Gasteiger partial charge on any atom is -0.370 e. The molecule has 136 valence electrons. The van der Waals surface area contributed by atoms with E-state index in [1.165, 1.54) is 11.8 Å². The summed E-state index contributed by atoms with van der Waals surface area (Å²) in [5, 5.41) is 7.94. The van der Waals surface area contributed by atoms with Gasteiger partial charge in [-0.2, -0.15) is 4.98 Å². The molecule has 1 aliphatic heterocycles. The zero-order valence-corrected chi connectivity index (χ0v) is 15.6. The minimum atomic E-state index is 0.0155. The molecule has 1 aliphatic rings. The molecule has 2 aromatic heterocycles. The number of thioether (sulfide) groups is 1. The summed E-state index contributed by atoms with van der Waals surface area (Å²) < 4.78 is 7.05. The highest BCUT2D eigenvalue weighted by Crippen LogP contribution is 2.14. The van der Waals surface area contributed by atoms with Crippen molar-refractivity contribution >= 4 is 23.4 Å². The van der Waals surface area contributed by atoms with Gasteiger partial charge in [-0.1, -0.05) is 11.8 Å². The first-order valence-electron chi connectivity index (χ1n) is 8.63. The minimum absolute atomic E-state index is 0.0155. The van der Waals surface area contributed by atoms with Crippen molar-refractivity contribution in [2.24, 2.45) is 0 Å². The van der Waals surface area contributed by atoms with Crippen LogP contribution in [0.2, 0.25) is 0 Å². The lowest BCUT2D eigenvalue weighted by Gasteiger charge is -2.23. The van der Waals surface area contributed by atoms with Crippen LogP contribution in [0, 0.1) is 13.8 Å². The molecule has 25 heavy (non-hydrogen) atoms. The molecule has 0 spiro atoms. The van der Waals surface area contributed by atoms with E-state index in [1.807, 2.05) is 19.9 Å². The van der Waals surface area contributed by atoms with Gasteiger partial charge in [-0.3, -0.25) is 4.79 Å². The van der Waals surface area contributed by atoms with Crippen LogP contribution in [0.25, 0.3) is 5.78 Å². The van der Waals surface area contributed by atoms with Gasteiger partial charge in [0.1, 0.15) is 13.1 Å². The average molecular weight is 365 g/mol. The van der Waals surface area contributed by atoms with Gasteiger partial charge in [0.05, 0.1) is 25.5 Å². The van der Waals surface area contributed by atoms with E-state index in [4.69, 9.17) is 4.74 Å². The normalized spacial score (nSPS) is 15.6. The lowest BCUT2D eigenvalue weighted by atomic mass is 10.3. The highest BCUT2D eigenvalue weighted by atomic mass is 32.2. The number of rotatable bonds is 7. The predicted octanol–water partition coefficient (Wildman–Crippen LogP) is -0.745. The number of hydrogen-bond acceptors (Lipinski definition) is 6. The number of aromatic nitrogens is 4. The van der Waals surface area contributed by atoms with Gasteiger partial charge in [-0.05, 0) is 19.9 Å². The van der Waals surface area contributed by atoms with Gasteiger partial charge in [0, 0.05) is 24.4 Å². The van der Waals surface area contributed by atoms with Crippen molar-refractivity contribution in [3.05, 3.63) is 17.5 Å². The SMILES string of the molecule is Cc1cc(C)n2nc(SCC(=O)NCCC[NH+]3CCOCC3)nc2n1. The van der Waals surface area contributed by atoms with Crippen LogP contribution in [0.1, 0.15) is 17.8 Å². The highest BCUT2D eigenvalue weighted by molar-refractivity contribution is 7.99. The summed E-state index contributed by atoms with van der Waals surface area (Å²) in [4.78, 5) is 22.3. The Kier molecular flexibility index (Phi) is 6.22. The van der Waals surface area contributed by atoms with Crippen LogP contribution in [-0.4, -0.2) is 70.6 Å². The first-order chi connectivity index (χ1) is 12.1. The van der Waals surface area contributed by atoms with Gasteiger partial charge in [-0.25, -0.2) is 9.50 Å². The Morgan fingerprint density at radius 3 is 2.96 bits per heavy atom. The molecule has 2 N–H and O–H groups in total. The standard InChI is InChI=1S/C16H24N6O2S/c1-12-10-13(2)22-15(18-12)19-16(20-22)25-11-14(23)17-4-3-5-21-6-8-24-9-7-21/h10H,3-9,11H2,1-2H3,(H,17,23)/p+1. The van der Waals surface area contributed by atoms with E-state index in [-0.39, 0.29) is 5.91 Å². The number of aryl methyl sites for hydroxylation is 2. The van der Waals surface area contributed by atoms with Crippen molar-refractivity contribution in [1.82, 2.24) is 24.9 Å². The van der Waals surface area contributed by atoms with E-state index >= 15 is 0 Å². The topological polar surface area (TPSA) is 85.9 Å². The van der Waals surface area contributed by atoms with E-state index in [0.29, 0.717) is 23.2 Å². The van der Waals surface area contributed by atoms with E-state index in [2.05, 4.69) is 20.4 Å². The molecule has 1 amide bonds. The number of carbonyl (C=O) groups excluding carboxylic acids is 1.